The van der Waals surface area contributed by atoms with E-state index >= 15 is 0 Å². The number of alkyl halides is 2. The van der Waals surface area contributed by atoms with Gasteiger partial charge in [-0.25, -0.2) is 8.78 Å². The molecule has 0 aliphatic heterocycles. The Labute approximate surface area is 105 Å². The van der Waals surface area contributed by atoms with E-state index in [1.165, 1.54) is 4.80 Å². The third-order valence-corrected chi connectivity index (χ3v) is 3.65. The fraction of sp³-hybridized carbons (Fsp3) is 0.909. The topological polar surface area (TPSA) is 55.6 Å². The first-order valence-corrected chi connectivity index (χ1v) is 6.28. The van der Waals surface area contributed by atoms with E-state index in [9.17, 15) is 8.78 Å². The second kappa shape index (κ2) is 5.26. The highest BCUT2D eigenvalue weighted by Crippen LogP contribution is 2.37. The zero-order valence-corrected chi connectivity index (χ0v) is 10.7. The molecule has 2 rings (SSSR count). The van der Waals surface area contributed by atoms with Crippen LogP contribution in [-0.2, 0) is 13.5 Å². The summed E-state index contributed by atoms with van der Waals surface area (Å²) in [5.74, 6) is -1.55. The van der Waals surface area contributed by atoms with Crippen molar-refractivity contribution in [3.05, 3.63) is 5.82 Å². The molecule has 0 amide bonds. The number of halogens is 2. The highest BCUT2D eigenvalue weighted by molar-refractivity contribution is 4.90. The summed E-state index contributed by atoms with van der Waals surface area (Å²) in [4.78, 5) is 1.41. The van der Waals surface area contributed by atoms with Gasteiger partial charge in [0.25, 0.3) is 0 Å². The molecule has 0 saturated heterocycles. The van der Waals surface area contributed by atoms with E-state index < -0.39 is 5.92 Å². The summed E-state index contributed by atoms with van der Waals surface area (Å²) >= 11 is 0. The monoisotopic (exact) mass is 259 g/mol. The molecule has 1 fully saturated rings. The summed E-state index contributed by atoms with van der Waals surface area (Å²) in [6, 6.07) is 0.144. The molecule has 7 heteroatoms. The average molecular weight is 259 g/mol. The molecule has 1 aromatic rings. The third-order valence-electron chi connectivity index (χ3n) is 3.65. The normalized spacial score (nSPS) is 22.0. The Balaban J connectivity index is 1.93. The van der Waals surface area contributed by atoms with Crippen molar-refractivity contribution in [2.24, 2.45) is 13.0 Å². The molecular weight excluding hydrogens is 240 g/mol. The quantitative estimate of drug-likeness (QED) is 0.881. The first kappa shape index (κ1) is 13.3. The largest absolute Gasteiger partial charge is 0.316 e. The maximum Gasteiger partial charge on any atom is 0.248 e. The molecule has 1 heterocycles. The summed E-state index contributed by atoms with van der Waals surface area (Å²) in [5, 5.41) is 15.0. The van der Waals surface area contributed by atoms with Crippen molar-refractivity contribution in [3.8, 4) is 0 Å². The third kappa shape index (κ3) is 3.22. The fourth-order valence-electron chi connectivity index (χ4n) is 2.57. The molecule has 5 nitrogen and oxygen atoms in total. The Morgan fingerprint density at radius 3 is 2.61 bits per heavy atom. The van der Waals surface area contributed by atoms with E-state index in [-0.39, 0.29) is 24.8 Å². The van der Waals surface area contributed by atoms with Crippen LogP contribution in [0.2, 0.25) is 0 Å². The predicted molar refractivity (Wildman–Crippen MR) is 62.3 cm³/mol. The second-order valence-electron chi connectivity index (χ2n) is 4.99. The molecule has 0 aromatic carbocycles. The van der Waals surface area contributed by atoms with E-state index in [0.717, 1.165) is 0 Å². The predicted octanol–water partition coefficient (Wildman–Crippen LogP) is 1.17. The lowest BCUT2D eigenvalue weighted by Crippen LogP contribution is -2.40. The van der Waals surface area contributed by atoms with Crippen molar-refractivity contribution in [3.63, 3.8) is 0 Å². The van der Waals surface area contributed by atoms with Crippen molar-refractivity contribution in [2.45, 2.75) is 44.1 Å². The summed E-state index contributed by atoms with van der Waals surface area (Å²) in [7, 11) is 3.57. The van der Waals surface area contributed by atoms with Crippen LogP contribution in [-0.4, -0.2) is 39.2 Å². The van der Waals surface area contributed by atoms with Gasteiger partial charge in [-0.1, -0.05) is 0 Å². The minimum Gasteiger partial charge on any atom is -0.316 e. The number of likely N-dealkylation sites (N-methyl/N-ethyl adjacent to an activating group) is 1. The maximum absolute atomic E-state index is 13.1. The van der Waals surface area contributed by atoms with Crippen LogP contribution in [0.5, 0.6) is 0 Å². The minimum atomic E-state index is -2.47. The van der Waals surface area contributed by atoms with Gasteiger partial charge in [-0.2, -0.15) is 4.80 Å². The van der Waals surface area contributed by atoms with Crippen molar-refractivity contribution >= 4 is 0 Å². The summed E-state index contributed by atoms with van der Waals surface area (Å²) in [6.45, 7) is 0. The van der Waals surface area contributed by atoms with Crippen LogP contribution < -0.4 is 5.32 Å². The Kier molecular flexibility index (Phi) is 3.89. The minimum absolute atomic E-state index is 0.0102. The first-order chi connectivity index (χ1) is 8.50. The van der Waals surface area contributed by atoms with Gasteiger partial charge in [-0.3, -0.25) is 0 Å². The second-order valence-corrected chi connectivity index (χ2v) is 4.99. The highest BCUT2D eigenvalue weighted by Gasteiger charge is 2.37. The van der Waals surface area contributed by atoms with Gasteiger partial charge in [-0.05, 0) is 31.0 Å². The number of aryl methyl sites for hydroxylation is 1. The SMILES string of the molecule is CNC(Cc1nnn(C)n1)C1CCC(F)(F)CC1. The Morgan fingerprint density at radius 2 is 2.11 bits per heavy atom. The lowest BCUT2D eigenvalue weighted by atomic mass is 9.81. The zero-order valence-electron chi connectivity index (χ0n) is 10.7. The van der Waals surface area contributed by atoms with Gasteiger partial charge in [0.2, 0.25) is 5.92 Å². The molecule has 1 unspecified atom stereocenters. The van der Waals surface area contributed by atoms with E-state index in [4.69, 9.17) is 0 Å². The molecule has 1 aliphatic rings. The lowest BCUT2D eigenvalue weighted by Gasteiger charge is -2.33. The van der Waals surface area contributed by atoms with Crippen LogP contribution in [0, 0.1) is 5.92 Å². The van der Waals surface area contributed by atoms with Crippen LogP contribution in [0.3, 0.4) is 0 Å². The lowest BCUT2D eigenvalue weighted by molar-refractivity contribution is -0.0493. The average Bonchev–Trinajstić information content (AvgIpc) is 2.72. The van der Waals surface area contributed by atoms with Gasteiger partial charge in [-0.15, -0.1) is 10.2 Å². The van der Waals surface area contributed by atoms with Crippen molar-refractivity contribution in [1.82, 2.24) is 25.5 Å². The molecule has 0 spiro atoms. The zero-order chi connectivity index (χ0) is 13.2. The molecule has 0 radical (unpaired) electrons. The van der Waals surface area contributed by atoms with Crippen molar-refractivity contribution in [1.29, 1.82) is 0 Å². The number of tetrazole rings is 1. The standard InChI is InChI=1S/C11H19F2N5/c1-14-9(7-10-15-17-18(2)16-10)8-3-5-11(12,13)6-4-8/h8-9,14H,3-7H2,1-2H3. The molecule has 0 bridgehead atoms. The van der Waals surface area contributed by atoms with Gasteiger partial charge < -0.3 is 5.32 Å². The number of hydrogen-bond donors (Lipinski definition) is 1. The van der Waals surface area contributed by atoms with E-state index in [0.29, 0.717) is 25.1 Å². The Hall–Kier alpha value is -1.11. The van der Waals surface area contributed by atoms with Gasteiger partial charge in [0.15, 0.2) is 5.82 Å². The highest BCUT2D eigenvalue weighted by atomic mass is 19.3. The molecule has 1 atom stereocenters. The molecule has 102 valence electrons. The van der Waals surface area contributed by atoms with Crippen molar-refractivity contribution < 1.29 is 8.78 Å². The number of nitrogens with zero attached hydrogens (tertiary/aromatic N) is 4. The van der Waals surface area contributed by atoms with E-state index in [2.05, 4.69) is 20.7 Å². The van der Waals surface area contributed by atoms with Gasteiger partial charge in [0.05, 0.1) is 7.05 Å². The fourth-order valence-corrected chi connectivity index (χ4v) is 2.57. The molecule has 18 heavy (non-hydrogen) atoms. The molecular formula is C11H19F2N5. The molecule has 1 aliphatic carbocycles. The van der Waals surface area contributed by atoms with Gasteiger partial charge >= 0.3 is 0 Å². The van der Waals surface area contributed by atoms with Gasteiger partial charge in [0, 0.05) is 25.3 Å². The smallest absolute Gasteiger partial charge is 0.248 e. The Morgan fingerprint density at radius 1 is 1.44 bits per heavy atom. The van der Waals surface area contributed by atoms with Gasteiger partial charge in [0.1, 0.15) is 0 Å². The summed E-state index contributed by atoms with van der Waals surface area (Å²) in [6.07, 6.45) is 1.73. The first-order valence-electron chi connectivity index (χ1n) is 6.28. The Bertz CT molecular complexity index is 383. The van der Waals surface area contributed by atoms with Crippen LogP contribution in [0.1, 0.15) is 31.5 Å². The molecule has 1 saturated carbocycles. The molecule has 1 N–H and O–H groups in total. The molecule has 1 aromatic heterocycles. The van der Waals surface area contributed by atoms with Crippen LogP contribution in [0.15, 0.2) is 0 Å². The number of nitrogens with one attached hydrogen (secondary N) is 1. The van der Waals surface area contributed by atoms with Crippen molar-refractivity contribution in [2.75, 3.05) is 7.05 Å². The van der Waals surface area contributed by atoms with Crippen LogP contribution in [0.4, 0.5) is 8.78 Å². The van der Waals surface area contributed by atoms with E-state index in [1.54, 1.807) is 7.05 Å². The number of hydrogen-bond acceptors (Lipinski definition) is 4. The summed E-state index contributed by atoms with van der Waals surface area (Å²) < 4.78 is 26.2. The van der Waals surface area contributed by atoms with Crippen LogP contribution >= 0.6 is 0 Å². The maximum atomic E-state index is 13.1. The summed E-state index contributed by atoms with van der Waals surface area (Å²) in [5.41, 5.74) is 0. The van der Waals surface area contributed by atoms with Crippen LogP contribution in [0.25, 0.3) is 0 Å². The van der Waals surface area contributed by atoms with E-state index in [1.807, 2.05) is 7.05 Å². The number of aromatic nitrogens is 4. The number of rotatable bonds is 4.